The number of nitrogens with one attached hydrogen (secondary N) is 2. The number of hydrogen-bond donors (Lipinski definition) is 2. The smallest absolute Gasteiger partial charge is 0.307 e. The van der Waals surface area contributed by atoms with Gasteiger partial charge in [0, 0.05) is 5.69 Å². The fraction of sp³-hybridized carbons (Fsp3) is 0.606. The number of urea groups is 1. The van der Waals surface area contributed by atoms with E-state index in [9.17, 15) is 13.2 Å². The van der Waals surface area contributed by atoms with Crippen LogP contribution in [0.25, 0.3) is 0 Å². The van der Waals surface area contributed by atoms with Gasteiger partial charge in [0.05, 0.1) is 0 Å². The fourth-order valence-electron chi connectivity index (χ4n) is 5.20. The Labute approximate surface area is 238 Å². The predicted octanol–water partition coefficient (Wildman–Crippen LogP) is 9.83. The Morgan fingerprint density at radius 3 is 1.67 bits per heavy atom. The molecule has 5 nitrogen and oxygen atoms in total. The Balaban J connectivity index is 1.99. The standard InChI is InChI=1S/C33H52N2O3S/c1-6-7-8-9-10-11-12-13-14-15-19-25-31(28-21-17-16-18-22-28)39(37,38)35-33(36)34-32-29(26(2)3)23-20-24-30(32)27(4)5/h16-18,20-24,26-27,31H,6-15,19,25H2,1-5H3,(H2,34,35,36). The van der Waals surface area contributed by atoms with Crippen LogP contribution in [0.5, 0.6) is 0 Å². The minimum absolute atomic E-state index is 0.189. The highest BCUT2D eigenvalue weighted by Crippen LogP contribution is 2.33. The second-order valence-electron chi connectivity index (χ2n) is 11.4. The molecule has 0 aromatic heterocycles. The van der Waals surface area contributed by atoms with E-state index in [2.05, 4.69) is 44.7 Å². The second kappa shape index (κ2) is 17.4. The van der Waals surface area contributed by atoms with Crippen LogP contribution in [0.15, 0.2) is 48.5 Å². The molecular weight excluding hydrogens is 504 g/mol. The Hall–Kier alpha value is -2.34. The van der Waals surface area contributed by atoms with Crippen LogP contribution in [0.3, 0.4) is 0 Å². The van der Waals surface area contributed by atoms with E-state index >= 15 is 0 Å². The summed E-state index contributed by atoms with van der Waals surface area (Å²) in [5.41, 5.74) is 3.41. The predicted molar refractivity (Wildman–Crippen MR) is 166 cm³/mol. The summed E-state index contributed by atoms with van der Waals surface area (Å²) in [4.78, 5) is 13.1. The van der Waals surface area contributed by atoms with Gasteiger partial charge in [-0.25, -0.2) is 17.9 Å². The van der Waals surface area contributed by atoms with Crippen LogP contribution < -0.4 is 10.0 Å². The first-order valence-corrected chi connectivity index (χ1v) is 16.7. The van der Waals surface area contributed by atoms with Crippen LogP contribution in [0.4, 0.5) is 10.5 Å². The van der Waals surface area contributed by atoms with Crippen molar-refractivity contribution in [1.82, 2.24) is 4.72 Å². The van der Waals surface area contributed by atoms with E-state index in [0.717, 1.165) is 36.0 Å². The number of amides is 2. The van der Waals surface area contributed by atoms with Crippen molar-refractivity contribution in [3.63, 3.8) is 0 Å². The molecule has 2 amide bonds. The lowest BCUT2D eigenvalue weighted by atomic mass is 9.93. The Morgan fingerprint density at radius 2 is 1.18 bits per heavy atom. The zero-order chi connectivity index (χ0) is 28.7. The number of carbonyl (C=O) groups excluding carboxylic acids is 1. The lowest BCUT2D eigenvalue weighted by molar-refractivity contribution is 0.256. The summed E-state index contributed by atoms with van der Waals surface area (Å²) in [7, 11) is -3.94. The first kappa shape index (κ1) is 32.9. The molecule has 6 heteroatoms. The number of rotatable bonds is 18. The van der Waals surface area contributed by atoms with Crippen LogP contribution >= 0.6 is 0 Å². The third kappa shape index (κ3) is 11.4. The third-order valence-electron chi connectivity index (χ3n) is 7.46. The van der Waals surface area contributed by atoms with Crippen molar-refractivity contribution in [3.8, 4) is 0 Å². The average Bonchev–Trinajstić information content (AvgIpc) is 2.89. The first-order valence-electron chi connectivity index (χ1n) is 15.2. The molecule has 0 saturated heterocycles. The zero-order valence-corrected chi connectivity index (χ0v) is 25.8. The monoisotopic (exact) mass is 556 g/mol. The molecule has 2 aromatic rings. The molecule has 218 valence electrons. The van der Waals surface area contributed by atoms with Gasteiger partial charge in [0.25, 0.3) is 0 Å². The summed E-state index contributed by atoms with van der Waals surface area (Å²) in [6, 6.07) is 14.5. The first-order chi connectivity index (χ1) is 18.7. The van der Waals surface area contributed by atoms with E-state index in [-0.39, 0.29) is 11.8 Å². The second-order valence-corrected chi connectivity index (χ2v) is 13.3. The maximum atomic E-state index is 13.5. The Bertz CT molecular complexity index is 1060. The van der Waals surface area contributed by atoms with Crippen LogP contribution in [0.1, 0.15) is 145 Å². The van der Waals surface area contributed by atoms with Gasteiger partial charge in [0.2, 0.25) is 10.0 Å². The lowest BCUT2D eigenvalue weighted by Gasteiger charge is -2.22. The van der Waals surface area contributed by atoms with Crippen molar-refractivity contribution < 1.29 is 13.2 Å². The van der Waals surface area contributed by atoms with Gasteiger partial charge < -0.3 is 5.32 Å². The molecule has 0 heterocycles. The fourth-order valence-corrected chi connectivity index (χ4v) is 6.64. The van der Waals surface area contributed by atoms with E-state index in [4.69, 9.17) is 0 Å². The molecule has 0 aliphatic heterocycles. The van der Waals surface area contributed by atoms with Crippen molar-refractivity contribution >= 4 is 21.7 Å². The van der Waals surface area contributed by atoms with Crippen LogP contribution in [0, 0.1) is 0 Å². The van der Waals surface area contributed by atoms with E-state index in [0.29, 0.717) is 12.1 Å². The molecule has 0 saturated carbocycles. The molecule has 2 aromatic carbocycles. The van der Waals surface area contributed by atoms with Crippen molar-refractivity contribution in [2.75, 3.05) is 5.32 Å². The largest absolute Gasteiger partial charge is 0.332 e. The van der Waals surface area contributed by atoms with Crippen molar-refractivity contribution in [2.45, 2.75) is 129 Å². The summed E-state index contributed by atoms with van der Waals surface area (Å²) in [5.74, 6) is 0.377. The summed E-state index contributed by atoms with van der Waals surface area (Å²) < 4.78 is 29.4. The van der Waals surface area contributed by atoms with Crippen LogP contribution in [-0.4, -0.2) is 14.4 Å². The van der Waals surface area contributed by atoms with E-state index in [1.165, 1.54) is 51.4 Å². The molecule has 2 N–H and O–H groups in total. The quantitative estimate of drug-likeness (QED) is 0.179. The number of para-hydroxylation sites is 1. The van der Waals surface area contributed by atoms with Gasteiger partial charge in [-0.05, 0) is 34.9 Å². The van der Waals surface area contributed by atoms with E-state index in [1.54, 1.807) is 0 Å². The number of unbranched alkanes of at least 4 members (excludes halogenated alkanes) is 10. The van der Waals surface area contributed by atoms with E-state index in [1.807, 2.05) is 48.5 Å². The van der Waals surface area contributed by atoms with Crippen molar-refractivity contribution in [2.24, 2.45) is 0 Å². The molecule has 0 radical (unpaired) electrons. The Morgan fingerprint density at radius 1 is 0.692 bits per heavy atom. The van der Waals surface area contributed by atoms with Gasteiger partial charge in [0.15, 0.2) is 0 Å². The van der Waals surface area contributed by atoms with E-state index < -0.39 is 21.3 Å². The lowest BCUT2D eigenvalue weighted by Crippen LogP contribution is -2.38. The number of benzene rings is 2. The molecule has 39 heavy (non-hydrogen) atoms. The van der Waals surface area contributed by atoms with Gasteiger partial charge in [-0.2, -0.15) is 0 Å². The molecule has 0 spiro atoms. The maximum absolute atomic E-state index is 13.5. The number of hydrogen-bond acceptors (Lipinski definition) is 3. The van der Waals surface area contributed by atoms with Crippen molar-refractivity contribution in [3.05, 3.63) is 65.2 Å². The minimum atomic E-state index is -3.94. The van der Waals surface area contributed by atoms with Gasteiger partial charge in [-0.15, -0.1) is 0 Å². The maximum Gasteiger partial charge on any atom is 0.332 e. The summed E-state index contributed by atoms with van der Waals surface area (Å²) in [6.07, 6.45) is 13.8. The Kier molecular flexibility index (Phi) is 14.6. The van der Waals surface area contributed by atoms with Gasteiger partial charge in [-0.1, -0.05) is 154 Å². The average molecular weight is 557 g/mol. The molecule has 0 bridgehead atoms. The number of sulfonamides is 1. The molecular formula is C33H52N2O3S. The molecule has 1 atom stereocenters. The number of carbonyl (C=O) groups is 1. The van der Waals surface area contributed by atoms with Gasteiger partial charge in [0.1, 0.15) is 5.25 Å². The highest BCUT2D eigenvalue weighted by atomic mass is 32.2. The third-order valence-corrected chi connectivity index (χ3v) is 9.19. The van der Waals surface area contributed by atoms with Gasteiger partial charge >= 0.3 is 6.03 Å². The minimum Gasteiger partial charge on any atom is -0.307 e. The topological polar surface area (TPSA) is 75.3 Å². The molecule has 2 rings (SSSR count). The number of anilines is 1. The van der Waals surface area contributed by atoms with Crippen LogP contribution in [-0.2, 0) is 10.0 Å². The highest BCUT2D eigenvalue weighted by Gasteiger charge is 2.29. The van der Waals surface area contributed by atoms with Crippen LogP contribution in [0.2, 0.25) is 0 Å². The molecule has 0 aliphatic rings. The normalized spacial score (nSPS) is 12.6. The SMILES string of the molecule is CCCCCCCCCCCCCC(c1ccccc1)S(=O)(=O)NC(=O)Nc1c(C(C)C)cccc1C(C)C. The summed E-state index contributed by atoms with van der Waals surface area (Å²) in [6.45, 7) is 10.5. The van der Waals surface area contributed by atoms with Gasteiger partial charge in [-0.3, -0.25) is 0 Å². The highest BCUT2D eigenvalue weighted by molar-refractivity contribution is 7.90. The van der Waals surface area contributed by atoms with Crippen molar-refractivity contribution in [1.29, 1.82) is 0 Å². The molecule has 1 unspecified atom stereocenters. The summed E-state index contributed by atoms with van der Waals surface area (Å²) in [5, 5.41) is 2.12. The molecule has 0 aliphatic carbocycles. The zero-order valence-electron chi connectivity index (χ0n) is 25.0. The summed E-state index contributed by atoms with van der Waals surface area (Å²) >= 11 is 0. The molecule has 0 fully saturated rings.